The molecular weight excluding hydrogens is 442 g/mol. The average molecular weight is 471 g/mol. The number of nitrogens with two attached hydrogens (primary N) is 1. The summed E-state index contributed by atoms with van der Waals surface area (Å²) < 4.78 is 27.3. The highest BCUT2D eigenvalue weighted by Crippen LogP contribution is 2.18. The molecule has 0 aliphatic carbocycles. The van der Waals surface area contributed by atoms with Gasteiger partial charge in [-0.1, -0.05) is 19.8 Å². The van der Waals surface area contributed by atoms with Gasteiger partial charge >= 0.3 is 0 Å². The monoisotopic (exact) mass is 470 g/mol. The van der Waals surface area contributed by atoms with Crippen molar-refractivity contribution in [3.63, 3.8) is 0 Å². The minimum Gasteiger partial charge on any atom is -0.388 e. The molecule has 0 spiro atoms. The Bertz CT molecular complexity index is 907. The van der Waals surface area contributed by atoms with Crippen LogP contribution >= 0.6 is 11.3 Å². The van der Waals surface area contributed by atoms with Gasteiger partial charge in [-0.3, -0.25) is 9.59 Å². The summed E-state index contributed by atoms with van der Waals surface area (Å²) in [5.74, 6) is -2.68. The maximum atomic E-state index is 13.7. The van der Waals surface area contributed by atoms with Gasteiger partial charge in [0.1, 0.15) is 29.5 Å². The predicted molar refractivity (Wildman–Crippen MR) is 117 cm³/mol. The van der Waals surface area contributed by atoms with Crippen LogP contribution in [0.4, 0.5) is 13.9 Å². The Labute approximate surface area is 188 Å². The number of rotatable bonds is 11. The van der Waals surface area contributed by atoms with Gasteiger partial charge in [0.15, 0.2) is 5.13 Å². The number of aliphatic hydroxyl groups is 2. The van der Waals surface area contributed by atoms with E-state index in [1.807, 2.05) is 6.92 Å². The number of aliphatic hydroxyl groups excluding tert-OH is 2. The Hall–Kier alpha value is -2.63. The summed E-state index contributed by atoms with van der Waals surface area (Å²) in [5.41, 5.74) is 5.74. The molecule has 32 heavy (non-hydrogen) atoms. The molecule has 8 nitrogen and oxygen atoms in total. The molecule has 0 unspecified atom stereocenters. The fourth-order valence-corrected chi connectivity index (χ4v) is 3.91. The Kier molecular flexibility index (Phi) is 9.48. The van der Waals surface area contributed by atoms with Crippen molar-refractivity contribution in [2.45, 2.75) is 63.8 Å². The predicted octanol–water partition coefficient (Wildman–Crippen LogP) is 1.76. The number of nitrogens with zero attached hydrogens (tertiary/aromatic N) is 1. The van der Waals surface area contributed by atoms with Crippen LogP contribution in [0.1, 0.15) is 49.2 Å². The molecule has 11 heteroatoms. The molecule has 1 heterocycles. The molecule has 2 amide bonds. The second-order valence-electron chi connectivity index (χ2n) is 7.56. The highest BCUT2D eigenvalue weighted by molar-refractivity contribution is 7.13. The van der Waals surface area contributed by atoms with Crippen molar-refractivity contribution < 1.29 is 28.6 Å². The van der Waals surface area contributed by atoms with E-state index in [9.17, 15) is 28.6 Å². The lowest BCUT2D eigenvalue weighted by Gasteiger charge is -2.32. The van der Waals surface area contributed by atoms with Gasteiger partial charge in [-0.2, -0.15) is 0 Å². The summed E-state index contributed by atoms with van der Waals surface area (Å²) in [5, 5.41) is 28.5. The summed E-state index contributed by atoms with van der Waals surface area (Å²) in [6, 6.07) is 0.938. The molecular formula is C21H28F2N4O4S. The second-order valence-corrected chi connectivity index (χ2v) is 8.45. The van der Waals surface area contributed by atoms with Crippen LogP contribution in [0.3, 0.4) is 0 Å². The molecule has 0 bridgehead atoms. The number of thiazole rings is 1. The number of unbranched alkanes of at least 4 members (excludes halogenated alkanes) is 1. The Morgan fingerprint density at radius 1 is 1.12 bits per heavy atom. The third-order valence-corrected chi connectivity index (χ3v) is 5.55. The second kappa shape index (κ2) is 11.8. The first-order chi connectivity index (χ1) is 15.1. The summed E-state index contributed by atoms with van der Waals surface area (Å²) >= 11 is 1.05. The summed E-state index contributed by atoms with van der Waals surface area (Å²) in [7, 11) is 0. The number of aromatic nitrogens is 1. The zero-order valence-electron chi connectivity index (χ0n) is 17.8. The van der Waals surface area contributed by atoms with E-state index in [-0.39, 0.29) is 28.7 Å². The van der Waals surface area contributed by atoms with Gasteiger partial charge in [0.2, 0.25) is 5.91 Å². The number of hydrogen-bond acceptors (Lipinski definition) is 7. The van der Waals surface area contributed by atoms with Crippen LogP contribution in [0, 0.1) is 11.6 Å². The fraction of sp³-hybridized carbons (Fsp3) is 0.476. The maximum absolute atomic E-state index is 13.7. The Morgan fingerprint density at radius 2 is 1.75 bits per heavy atom. The minimum absolute atomic E-state index is 0.00834. The van der Waals surface area contributed by atoms with Crippen molar-refractivity contribution in [1.82, 2.24) is 15.6 Å². The van der Waals surface area contributed by atoms with E-state index < -0.39 is 41.8 Å². The van der Waals surface area contributed by atoms with E-state index in [1.54, 1.807) is 0 Å². The summed E-state index contributed by atoms with van der Waals surface area (Å²) in [6.07, 6.45) is -1.32. The van der Waals surface area contributed by atoms with E-state index in [0.717, 1.165) is 29.9 Å². The molecule has 2 rings (SSSR count). The van der Waals surface area contributed by atoms with E-state index in [2.05, 4.69) is 15.6 Å². The molecule has 0 saturated heterocycles. The van der Waals surface area contributed by atoms with Gasteiger partial charge in [-0.05, 0) is 30.5 Å². The van der Waals surface area contributed by atoms with Crippen molar-refractivity contribution in [3.05, 3.63) is 46.5 Å². The van der Waals surface area contributed by atoms with Gasteiger partial charge in [0.05, 0.1) is 12.1 Å². The summed E-state index contributed by atoms with van der Waals surface area (Å²) in [6.45, 7) is 3.23. The molecule has 0 fully saturated rings. The Balaban J connectivity index is 2.29. The fourth-order valence-electron chi connectivity index (χ4n) is 3.36. The smallest absolute Gasteiger partial charge is 0.271 e. The first-order valence-electron chi connectivity index (χ1n) is 10.2. The van der Waals surface area contributed by atoms with Crippen molar-refractivity contribution in [3.8, 4) is 0 Å². The number of nitrogen functional groups attached to an aromatic ring is 1. The first-order valence-corrected chi connectivity index (χ1v) is 11.1. The lowest BCUT2D eigenvalue weighted by Crippen LogP contribution is -2.56. The van der Waals surface area contributed by atoms with Gasteiger partial charge in [-0.15, -0.1) is 11.3 Å². The molecule has 1 aromatic carbocycles. The van der Waals surface area contributed by atoms with Crippen LogP contribution in [-0.2, 0) is 11.2 Å². The zero-order chi connectivity index (χ0) is 23.8. The SMILES string of the molecule is CCCC[C@@H](NC(C)=O)[C@@H](O)[C@H](O)[C@H](Cc1cc(F)cc(F)c1)NC(=O)c1csc(N)n1. The molecule has 2 aromatic rings. The third kappa shape index (κ3) is 7.50. The number of halogens is 2. The minimum atomic E-state index is -1.56. The van der Waals surface area contributed by atoms with Crippen LogP contribution in [-0.4, -0.2) is 51.3 Å². The van der Waals surface area contributed by atoms with Gasteiger partial charge in [0.25, 0.3) is 5.91 Å². The molecule has 0 aliphatic heterocycles. The average Bonchev–Trinajstić information content (AvgIpc) is 3.15. The first kappa shape index (κ1) is 25.6. The number of amides is 2. The molecule has 176 valence electrons. The van der Waals surface area contributed by atoms with Crippen molar-refractivity contribution in [1.29, 1.82) is 0 Å². The van der Waals surface area contributed by atoms with Crippen LogP contribution in [0.15, 0.2) is 23.6 Å². The topological polar surface area (TPSA) is 138 Å². The molecule has 0 saturated carbocycles. The van der Waals surface area contributed by atoms with Gasteiger partial charge in [0, 0.05) is 18.4 Å². The number of benzene rings is 1. The normalized spacial score (nSPS) is 14.9. The van der Waals surface area contributed by atoms with Crippen molar-refractivity contribution >= 4 is 28.3 Å². The molecule has 6 N–H and O–H groups in total. The highest BCUT2D eigenvalue weighted by atomic mass is 32.1. The zero-order valence-corrected chi connectivity index (χ0v) is 18.7. The van der Waals surface area contributed by atoms with E-state index in [1.165, 1.54) is 12.3 Å². The molecule has 4 atom stereocenters. The van der Waals surface area contributed by atoms with Crippen molar-refractivity contribution in [2.24, 2.45) is 0 Å². The summed E-state index contributed by atoms with van der Waals surface area (Å²) in [4.78, 5) is 28.1. The van der Waals surface area contributed by atoms with Gasteiger partial charge in [-0.25, -0.2) is 13.8 Å². The number of nitrogens with one attached hydrogen (secondary N) is 2. The quantitative estimate of drug-likeness (QED) is 0.339. The molecule has 0 radical (unpaired) electrons. The van der Waals surface area contributed by atoms with Crippen molar-refractivity contribution in [2.75, 3.05) is 5.73 Å². The number of anilines is 1. The van der Waals surface area contributed by atoms with Crippen LogP contribution in [0.2, 0.25) is 0 Å². The van der Waals surface area contributed by atoms with E-state index in [0.29, 0.717) is 18.9 Å². The highest BCUT2D eigenvalue weighted by Gasteiger charge is 2.34. The van der Waals surface area contributed by atoms with Crippen LogP contribution < -0.4 is 16.4 Å². The number of hydrogen-bond donors (Lipinski definition) is 5. The van der Waals surface area contributed by atoms with E-state index >= 15 is 0 Å². The van der Waals surface area contributed by atoms with Crippen LogP contribution in [0.25, 0.3) is 0 Å². The standard InChI is InChI=1S/C21H28F2N4O4S/c1-3-4-5-15(25-11(2)28)18(29)19(30)16(8-12-6-13(22)9-14(23)7-12)26-20(31)17-10-32-21(24)27-17/h6-7,9-10,15-16,18-19,29-30H,3-5,8H2,1-2H3,(H2,24,27)(H,25,28)(H,26,31)/t15-,16+,18-,19-/m1/s1. The number of carbonyl (C=O) groups excluding carboxylic acids is 2. The van der Waals surface area contributed by atoms with E-state index in [4.69, 9.17) is 5.73 Å². The Morgan fingerprint density at radius 3 is 2.28 bits per heavy atom. The molecule has 0 aliphatic rings. The molecule has 1 aromatic heterocycles. The lowest BCUT2D eigenvalue weighted by atomic mass is 9.91. The van der Waals surface area contributed by atoms with Gasteiger partial charge < -0.3 is 26.6 Å². The third-order valence-electron chi connectivity index (χ3n) is 4.88. The largest absolute Gasteiger partial charge is 0.388 e. The van der Waals surface area contributed by atoms with Crippen LogP contribution in [0.5, 0.6) is 0 Å². The number of carbonyl (C=O) groups is 2. The maximum Gasteiger partial charge on any atom is 0.271 e. The lowest BCUT2D eigenvalue weighted by molar-refractivity contribution is -0.121.